The molecule has 6 heteroatoms. The van der Waals surface area contributed by atoms with Crippen molar-refractivity contribution in [1.82, 2.24) is 19.9 Å². The molecule has 3 aromatic rings. The fourth-order valence-electron chi connectivity index (χ4n) is 2.04. The zero-order valence-corrected chi connectivity index (χ0v) is 11.6. The third-order valence-corrected chi connectivity index (χ3v) is 3.19. The van der Waals surface area contributed by atoms with Crippen molar-refractivity contribution in [3.63, 3.8) is 0 Å². The number of aryl methyl sites for hydroxylation is 1. The smallest absolute Gasteiger partial charge is 0.267 e. The number of aromatic nitrogens is 4. The van der Waals surface area contributed by atoms with Gasteiger partial charge in [0.1, 0.15) is 6.54 Å². The molecule has 2 aromatic heterocycles. The van der Waals surface area contributed by atoms with E-state index in [1.807, 2.05) is 31.2 Å². The Labute approximate surface area is 121 Å². The van der Waals surface area contributed by atoms with E-state index in [4.69, 9.17) is 4.52 Å². The van der Waals surface area contributed by atoms with Crippen LogP contribution in [0.15, 0.2) is 51.9 Å². The third-order valence-electron chi connectivity index (χ3n) is 3.19. The average molecular weight is 282 g/mol. The molecule has 0 aliphatic carbocycles. The molecule has 2 heterocycles. The quantitative estimate of drug-likeness (QED) is 0.726. The molecule has 0 amide bonds. The normalized spacial score (nSPS) is 10.7. The van der Waals surface area contributed by atoms with Gasteiger partial charge in [0, 0.05) is 18.7 Å². The van der Waals surface area contributed by atoms with Gasteiger partial charge in [-0.25, -0.2) is 4.68 Å². The second-order valence-electron chi connectivity index (χ2n) is 4.73. The minimum Gasteiger partial charge on any atom is -0.337 e. The lowest BCUT2D eigenvalue weighted by atomic mass is 10.1. The molecule has 0 N–H and O–H groups in total. The Morgan fingerprint density at radius 1 is 1.19 bits per heavy atom. The van der Waals surface area contributed by atoms with E-state index in [0.29, 0.717) is 18.1 Å². The lowest BCUT2D eigenvalue weighted by Gasteiger charge is -2.00. The Balaban J connectivity index is 1.77. The predicted octanol–water partition coefficient (Wildman–Crippen LogP) is 1.57. The van der Waals surface area contributed by atoms with Crippen molar-refractivity contribution >= 4 is 0 Å². The summed E-state index contributed by atoms with van der Waals surface area (Å²) < 4.78 is 6.46. The van der Waals surface area contributed by atoms with Crippen molar-refractivity contribution < 1.29 is 4.52 Å². The van der Waals surface area contributed by atoms with E-state index >= 15 is 0 Å². The van der Waals surface area contributed by atoms with Gasteiger partial charge in [0.15, 0.2) is 5.82 Å². The summed E-state index contributed by atoms with van der Waals surface area (Å²) in [6.45, 7) is 2.23. The van der Waals surface area contributed by atoms with Crippen LogP contribution in [0.1, 0.15) is 22.8 Å². The van der Waals surface area contributed by atoms with Gasteiger partial charge < -0.3 is 4.52 Å². The molecule has 0 atom stereocenters. The molecule has 6 nitrogen and oxygen atoms in total. The van der Waals surface area contributed by atoms with Crippen molar-refractivity contribution in [2.45, 2.75) is 19.9 Å². The first kappa shape index (κ1) is 13.2. The highest BCUT2D eigenvalue weighted by Gasteiger charge is 2.09. The van der Waals surface area contributed by atoms with Crippen LogP contribution in [0.4, 0.5) is 0 Å². The van der Waals surface area contributed by atoms with Crippen LogP contribution in [0.25, 0.3) is 0 Å². The maximum Gasteiger partial charge on any atom is 0.267 e. The largest absolute Gasteiger partial charge is 0.337 e. The van der Waals surface area contributed by atoms with Gasteiger partial charge >= 0.3 is 0 Å². The van der Waals surface area contributed by atoms with E-state index in [1.54, 1.807) is 12.3 Å². The molecule has 0 bridgehead atoms. The van der Waals surface area contributed by atoms with Crippen molar-refractivity contribution in [2.75, 3.05) is 0 Å². The van der Waals surface area contributed by atoms with Crippen molar-refractivity contribution in [3.8, 4) is 0 Å². The predicted molar refractivity (Wildman–Crippen MR) is 75.9 cm³/mol. The van der Waals surface area contributed by atoms with Gasteiger partial charge in [0.2, 0.25) is 5.89 Å². The summed E-state index contributed by atoms with van der Waals surface area (Å²) in [4.78, 5) is 15.9. The molecule has 0 fully saturated rings. The van der Waals surface area contributed by atoms with Gasteiger partial charge in [-0.1, -0.05) is 29.4 Å². The van der Waals surface area contributed by atoms with Gasteiger partial charge in [-0.2, -0.15) is 10.1 Å². The molecule has 0 aliphatic heterocycles. The molecule has 3 rings (SSSR count). The number of nitrogens with zero attached hydrogens (tertiary/aromatic N) is 4. The molecule has 0 aliphatic rings. The van der Waals surface area contributed by atoms with E-state index in [1.165, 1.54) is 16.3 Å². The molecule has 106 valence electrons. The lowest BCUT2D eigenvalue weighted by molar-refractivity contribution is 0.359. The SMILES string of the molecule is Cc1ccccc1Cc1noc(Cn2ncccc2=O)n1. The second-order valence-corrected chi connectivity index (χ2v) is 4.73. The van der Waals surface area contributed by atoms with Gasteiger partial charge in [-0.3, -0.25) is 4.79 Å². The Morgan fingerprint density at radius 3 is 2.86 bits per heavy atom. The fourth-order valence-corrected chi connectivity index (χ4v) is 2.04. The zero-order valence-electron chi connectivity index (χ0n) is 11.6. The summed E-state index contributed by atoms with van der Waals surface area (Å²) in [7, 11) is 0. The van der Waals surface area contributed by atoms with E-state index < -0.39 is 0 Å². The van der Waals surface area contributed by atoms with Crippen LogP contribution in [0.2, 0.25) is 0 Å². The number of benzene rings is 1. The van der Waals surface area contributed by atoms with Crippen molar-refractivity contribution in [3.05, 3.63) is 75.8 Å². The molecular formula is C15H14N4O2. The summed E-state index contributed by atoms with van der Waals surface area (Å²) >= 11 is 0. The molecular weight excluding hydrogens is 268 g/mol. The Kier molecular flexibility index (Phi) is 3.59. The highest BCUT2D eigenvalue weighted by Crippen LogP contribution is 2.11. The Hall–Kier alpha value is -2.76. The molecule has 0 unspecified atom stereocenters. The summed E-state index contributed by atoms with van der Waals surface area (Å²) in [6.07, 6.45) is 2.15. The average Bonchev–Trinajstić information content (AvgIpc) is 2.91. The molecule has 21 heavy (non-hydrogen) atoms. The Bertz CT molecular complexity index is 807. The topological polar surface area (TPSA) is 73.8 Å². The minimum absolute atomic E-state index is 0.181. The monoisotopic (exact) mass is 282 g/mol. The summed E-state index contributed by atoms with van der Waals surface area (Å²) in [5, 5.41) is 7.91. The number of hydrogen-bond acceptors (Lipinski definition) is 5. The first-order chi connectivity index (χ1) is 10.2. The van der Waals surface area contributed by atoms with Crippen molar-refractivity contribution in [2.24, 2.45) is 0 Å². The van der Waals surface area contributed by atoms with E-state index in [9.17, 15) is 4.79 Å². The zero-order chi connectivity index (χ0) is 14.7. The van der Waals surface area contributed by atoms with Gasteiger partial charge in [-0.05, 0) is 24.1 Å². The van der Waals surface area contributed by atoms with E-state index in [-0.39, 0.29) is 12.1 Å². The third kappa shape index (κ3) is 3.05. The van der Waals surface area contributed by atoms with Gasteiger partial charge in [0.25, 0.3) is 5.56 Å². The van der Waals surface area contributed by atoms with Crippen LogP contribution in [0.3, 0.4) is 0 Å². The van der Waals surface area contributed by atoms with Crippen LogP contribution in [0.5, 0.6) is 0 Å². The summed E-state index contributed by atoms with van der Waals surface area (Å²) in [5.74, 6) is 0.975. The number of hydrogen-bond donors (Lipinski definition) is 0. The van der Waals surface area contributed by atoms with Crippen LogP contribution < -0.4 is 5.56 Å². The second kappa shape index (κ2) is 5.70. The number of rotatable bonds is 4. The maximum absolute atomic E-state index is 11.6. The lowest BCUT2D eigenvalue weighted by Crippen LogP contribution is -2.21. The van der Waals surface area contributed by atoms with Crippen molar-refractivity contribution in [1.29, 1.82) is 0 Å². The minimum atomic E-state index is -0.198. The first-order valence-corrected chi connectivity index (χ1v) is 6.60. The molecule has 0 saturated heterocycles. The first-order valence-electron chi connectivity index (χ1n) is 6.60. The van der Waals surface area contributed by atoms with E-state index in [0.717, 1.165) is 5.56 Å². The van der Waals surface area contributed by atoms with Gasteiger partial charge in [-0.15, -0.1) is 0 Å². The summed E-state index contributed by atoms with van der Waals surface area (Å²) in [6, 6.07) is 11.1. The molecule has 0 radical (unpaired) electrons. The van der Waals surface area contributed by atoms with Crippen LogP contribution in [0, 0.1) is 6.92 Å². The Morgan fingerprint density at radius 2 is 2.05 bits per heavy atom. The maximum atomic E-state index is 11.6. The van der Waals surface area contributed by atoms with E-state index in [2.05, 4.69) is 15.2 Å². The summed E-state index contributed by atoms with van der Waals surface area (Å²) in [5.41, 5.74) is 2.14. The molecule has 0 saturated carbocycles. The fraction of sp³-hybridized carbons (Fsp3) is 0.200. The molecule has 1 aromatic carbocycles. The van der Waals surface area contributed by atoms with Crippen LogP contribution in [-0.4, -0.2) is 19.9 Å². The standard InChI is InChI=1S/C15H14N4O2/c1-11-5-2-3-6-12(11)9-13-17-14(21-18-13)10-19-15(20)7-4-8-16-19/h2-8H,9-10H2,1H3. The van der Waals surface area contributed by atoms with Gasteiger partial charge in [0.05, 0.1) is 0 Å². The van der Waals surface area contributed by atoms with Crippen LogP contribution >= 0.6 is 0 Å². The van der Waals surface area contributed by atoms with Crippen LogP contribution in [-0.2, 0) is 13.0 Å². The molecule has 0 spiro atoms. The highest BCUT2D eigenvalue weighted by molar-refractivity contribution is 5.27. The highest BCUT2D eigenvalue weighted by atomic mass is 16.5.